The van der Waals surface area contributed by atoms with Crippen molar-refractivity contribution in [2.45, 2.75) is 95.2 Å². The summed E-state index contributed by atoms with van der Waals surface area (Å²) in [6, 6.07) is 6.80. The molecular formula is C34H43N9O2. The van der Waals surface area contributed by atoms with Gasteiger partial charge in [-0.15, -0.1) is 0 Å². The van der Waals surface area contributed by atoms with Gasteiger partial charge in [0.15, 0.2) is 22.9 Å². The minimum Gasteiger partial charge on any atom is -0.398 e. The van der Waals surface area contributed by atoms with Crippen LogP contribution in [-0.2, 0) is 18.3 Å². The molecule has 0 bridgehead atoms. The molecule has 3 unspecified atom stereocenters. The number of likely N-dealkylation sites (tertiary alicyclic amines) is 1. The Labute approximate surface area is 264 Å². The maximum atomic E-state index is 10.7. The van der Waals surface area contributed by atoms with E-state index in [1.165, 1.54) is 12.0 Å². The lowest BCUT2D eigenvalue weighted by molar-refractivity contribution is 0.0885. The van der Waals surface area contributed by atoms with Crippen molar-refractivity contribution in [1.82, 2.24) is 29.8 Å². The number of anilines is 2. The highest BCUT2D eigenvalue weighted by Gasteiger charge is 2.48. The maximum absolute atomic E-state index is 10.7. The SMILES string of the molecule is CC(C1CCCN1C)n1ncc2c(N(C)CC(C)(C)O)nc(-c3noc4c3CCCC43CCCc4ccc(N)c(C#N)c43)nc21. The molecule has 1 fully saturated rings. The maximum Gasteiger partial charge on any atom is 0.186 e. The fourth-order valence-corrected chi connectivity index (χ4v) is 8.46. The van der Waals surface area contributed by atoms with E-state index in [0.717, 1.165) is 79.4 Å². The number of aryl methyl sites for hydroxylation is 1. The highest BCUT2D eigenvalue weighted by Crippen LogP contribution is 2.53. The van der Waals surface area contributed by atoms with Gasteiger partial charge < -0.3 is 25.2 Å². The largest absolute Gasteiger partial charge is 0.398 e. The number of hydrogen-bond acceptors (Lipinski definition) is 10. The van der Waals surface area contributed by atoms with Crippen molar-refractivity contribution in [2.75, 3.05) is 37.8 Å². The summed E-state index contributed by atoms with van der Waals surface area (Å²) in [7, 11) is 4.12. The van der Waals surface area contributed by atoms with Crippen molar-refractivity contribution in [3.63, 3.8) is 0 Å². The lowest BCUT2D eigenvalue weighted by Crippen LogP contribution is -2.37. The number of fused-ring (bicyclic) bond motifs is 5. The molecule has 2 aliphatic carbocycles. The van der Waals surface area contributed by atoms with Crippen LogP contribution in [0.2, 0.25) is 0 Å². The van der Waals surface area contributed by atoms with Crippen LogP contribution >= 0.6 is 0 Å². The third-order valence-corrected chi connectivity index (χ3v) is 10.4. The number of nitriles is 1. The van der Waals surface area contributed by atoms with E-state index in [1.807, 2.05) is 28.9 Å². The molecule has 0 amide bonds. The molecule has 1 aromatic carbocycles. The summed E-state index contributed by atoms with van der Waals surface area (Å²) in [6.07, 6.45) is 9.50. The first-order valence-corrected chi connectivity index (χ1v) is 16.2. The first-order valence-electron chi connectivity index (χ1n) is 16.2. The molecule has 1 aliphatic heterocycles. The third kappa shape index (κ3) is 4.77. The second-order valence-corrected chi connectivity index (χ2v) is 14.1. The van der Waals surface area contributed by atoms with Gasteiger partial charge in [0, 0.05) is 30.9 Å². The van der Waals surface area contributed by atoms with Crippen LogP contribution in [0.3, 0.4) is 0 Å². The highest BCUT2D eigenvalue weighted by atomic mass is 16.5. The van der Waals surface area contributed by atoms with E-state index in [4.69, 9.17) is 25.3 Å². The summed E-state index contributed by atoms with van der Waals surface area (Å²) in [6.45, 7) is 7.24. The molecule has 1 saturated heterocycles. The number of nitrogens with two attached hydrogens (primary N) is 1. The van der Waals surface area contributed by atoms with E-state index < -0.39 is 11.0 Å². The average molecular weight is 610 g/mol. The quantitative estimate of drug-likeness (QED) is 0.294. The number of likely N-dealkylation sites (N-methyl/N-ethyl adjacent to an activating group) is 2. The van der Waals surface area contributed by atoms with Crippen LogP contribution in [0.25, 0.3) is 22.6 Å². The molecule has 3 aliphatic rings. The molecule has 4 heterocycles. The Kier molecular flexibility index (Phi) is 7.13. The number of nitrogens with zero attached hydrogens (tertiary/aromatic N) is 8. The molecule has 7 rings (SSSR count). The van der Waals surface area contributed by atoms with Gasteiger partial charge in [0.2, 0.25) is 0 Å². The predicted octanol–water partition coefficient (Wildman–Crippen LogP) is 4.76. The van der Waals surface area contributed by atoms with Gasteiger partial charge in [-0.2, -0.15) is 10.4 Å². The first-order chi connectivity index (χ1) is 21.5. The number of hydrogen-bond donors (Lipinski definition) is 2. The third-order valence-electron chi connectivity index (χ3n) is 10.4. The Hall–Kier alpha value is -4.01. The number of rotatable bonds is 6. The van der Waals surface area contributed by atoms with Crippen molar-refractivity contribution in [2.24, 2.45) is 0 Å². The lowest BCUT2D eigenvalue weighted by atomic mass is 9.61. The zero-order valence-electron chi connectivity index (χ0n) is 27.0. The van der Waals surface area contributed by atoms with Crippen molar-refractivity contribution in [1.29, 1.82) is 5.26 Å². The second-order valence-electron chi connectivity index (χ2n) is 14.1. The molecule has 0 saturated carbocycles. The lowest BCUT2D eigenvalue weighted by Gasteiger charge is -2.41. The molecule has 1 spiro atoms. The monoisotopic (exact) mass is 609 g/mol. The van der Waals surface area contributed by atoms with E-state index in [0.29, 0.717) is 41.2 Å². The molecule has 45 heavy (non-hydrogen) atoms. The fraction of sp³-hybridized carbons (Fsp3) is 0.559. The zero-order chi connectivity index (χ0) is 31.7. The van der Waals surface area contributed by atoms with Crippen molar-refractivity contribution in [3.8, 4) is 17.6 Å². The van der Waals surface area contributed by atoms with E-state index >= 15 is 0 Å². The summed E-state index contributed by atoms with van der Waals surface area (Å²) < 4.78 is 8.35. The summed E-state index contributed by atoms with van der Waals surface area (Å²) in [4.78, 5) is 14.6. The van der Waals surface area contributed by atoms with Crippen LogP contribution in [0.15, 0.2) is 22.9 Å². The number of aliphatic hydroxyl groups is 1. The van der Waals surface area contributed by atoms with Crippen LogP contribution < -0.4 is 10.6 Å². The summed E-state index contributed by atoms with van der Waals surface area (Å²) >= 11 is 0. The van der Waals surface area contributed by atoms with Crippen LogP contribution in [0, 0.1) is 11.3 Å². The smallest absolute Gasteiger partial charge is 0.186 e. The number of nitrogen functional groups attached to an aromatic ring is 1. The van der Waals surface area contributed by atoms with Gasteiger partial charge in [-0.05, 0) is 103 Å². The topological polar surface area (TPSA) is 146 Å². The number of aromatic nitrogens is 5. The van der Waals surface area contributed by atoms with Crippen molar-refractivity contribution in [3.05, 3.63) is 46.3 Å². The first kappa shape index (κ1) is 29.7. The van der Waals surface area contributed by atoms with E-state index in [-0.39, 0.29) is 6.04 Å². The molecule has 11 heteroatoms. The molecule has 3 N–H and O–H groups in total. The van der Waals surface area contributed by atoms with Gasteiger partial charge in [0.1, 0.15) is 11.9 Å². The molecular weight excluding hydrogens is 566 g/mol. The Balaban J connectivity index is 1.40. The van der Waals surface area contributed by atoms with Gasteiger partial charge in [0.25, 0.3) is 0 Å². The average Bonchev–Trinajstić information content (AvgIpc) is 3.74. The normalized spacial score (nSPS) is 22.4. The Morgan fingerprint density at radius 1 is 1.22 bits per heavy atom. The second kappa shape index (κ2) is 10.8. The molecule has 4 aromatic rings. The van der Waals surface area contributed by atoms with Crippen LogP contribution in [-0.4, -0.2) is 73.7 Å². The molecule has 3 aromatic heterocycles. The summed E-state index contributed by atoms with van der Waals surface area (Å²) in [5, 5.41) is 31.3. The minimum absolute atomic E-state index is 0.105. The molecule has 11 nitrogen and oxygen atoms in total. The number of benzene rings is 1. The van der Waals surface area contributed by atoms with Crippen molar-refractivity contribution < 1.29 is 9.63 Å². The predicted molar refractivity (Wildman–Crippen MR) is 173 cm³/mol. The van der Waals surface area contributed by atoms with Gasteiger partial charge in [0.05, 0.1) is 34.2 Å². The zero-order valence-corrected chi connectivity index (χ0v) is 27.0. The van der Waals surface area contributed by atoms with Gasteiger partial charge >= 0.3 is 0 Å². The molecule has 236 valence electrons. The van der Waals surface area contributed by atoms with Crippen molar-refractivity contribution >= 4 is 22.5 Å². The summed E-state index contributed by atoms with van der Waals surface area (Å²) in [5.41, 5.74) is 10.6. The van der Waals surface area contributed by atoms with E-state index in [2.05, 4.69) is 36.2 Å². The van der Waals surface area contributed by atoms with Crippen LogP contribution in [0.4, 0.5) is 11.5 Å². The van der Waals surface area contributed by atoms with Crippen LogP contribution in [0.5, 0.6) is 0 Å². The van der Waals surface area contributed by atoms with Gasteiger partial charge in [-0.1, -0.05) is 11.2 Å². The van der Waals surface area contributed by atoms with E-state index in [9.17, 15) is 10.4 Å². The van der Waals surface area contributed by atoms with E-state index in [1.54, 1.807) is 13.8 Å². The van der Waals surface area contributed by atoms with Gasteiger partial charge in [-0.25, -0.2) is 14.6 Å². The standard InChI is InChI=1S/C34H43N9O2/c1-20(26-11-8-16-41(26)4)43-32-24(18-37-43)31(42(5)19-33(2,3)44)38-30(39-32)28-22-10-7-15-34(29(22)45-40-28)14-6-9-21-12-13-25(36)23(17-35)27(21)34/h12-13,18,20,26,44H,6-11,14-16,19,36H2,1-5H3. The molecule has 0 radical (unpaired) electrons. The molecule has 3 atom stereocenters. The van der Waals surface area contributed by atoms with Gasteiger partial charge in [-0.3, -0.25) is 0 Å². The Morgan fingerprint density at radius 3 is 2.71 bits per heavy atom. The fourth-order valence-electron chi connectivity index (χ4n) is 8.46. The van der Waals surface area contributed by atoms with Crippen LogP contribution in [0.1, 0.15) is 93.4 Å². The Bertz CT molecular complexity index is 1810. The minimum atomic E-state index is -0.934. The highest BCUT2D eigenvalue weighted by molar-refractivity contribution is 5.89. The Morgan fingerprint density at radius 2 is 2.00 bits per heavy atom. The summed E-state index contributed by atoms with van der Waals surface area (Å²) in [5.74, 6) is 2.00.